The quantitative estimate of drug-likeness (QED) is 0.182. The summed E-state index contributed by atoms with van der Waals surface area (Å²) in [5.74, 6) is 0.270. The third-order valence-electron chi connectivity index (χ3n) is 9.39. The minimum absolute atomic E-state index is 0.0362. The van der Waals surface area contributed by atoms with Crippen LogP contribution in [0.25, 0.3) is 66.1 Å². The Balaban J connectivity index is 1.35. The van der Waals surface area contributed by atoms with E-state index in [2.05, 4.69) is 0 Å². The minimum atomic E-state index is -2.28. The number of para-hydroxylation sites is 1. The lowest BCUT2D eigenvalue weighted by Crippen LogP contribution is -2.31. The molecule has 1 unspecified atom stereocenters. The van der Waals surface area contributed by atoms with E-state index in [0.717, 1.165) is 0 Å². The predicted octanol–water partition coefficient (Wildman–Crippen LogP) is 11.8. The van der Waals surface area contributed by atoms with Crippen molar-refractivity contribution in [1.82, 2.24) is 0 Å². The van der Waals surface area contributed by atoms with E-state index < -0.39 is 102 Å². The zero-order chi connectivity index (χ0) is 45.6. The summed E-state index contributed by atoms with van der Waals surface area (Å²) in [5, 5.41) is 0.555. The van der Waals surface area contributed by atoms with E-state index in [1.54, 1.807) is 48.5 Å². The van der Waals surface area contributed by atoms with E-state index in [1.807, 2.05) is 0 Å². The molecule has 46 heavy (non-hydrogen) atoms. The molecule has 1 spiro atoms. The Morgan fingerprint density at radius 3 is 1.96 bits per heavy atom. The van der Waals surface area contributed by atoms with E-state index in [0.29, 0.717) is 33.2 Å². The third kappa shape index (κ3) is 2.87. The zero-order valence-corrected chi connectivity index (χ0v) is 23.5. The van der Waals surface area contributed by atoms with E-state index in [9.17, 15) is 8.22 Å². The highest BCUT2D eigenvalue weighted by Gasteiger charge is 2.50. The second-order valence-corrected chi connectivity index (χ2v) is 11.4. The molecule has 0 saturated heterocycles. The number of ether oxygens (including phenoxy) is 1. The molecule has 0 amide bonds. The molecule has 11 rings (SSSR count). The molecule has 1 aliphatic heterocycles. The van der Waals surface area contributed by atoms with Crippen LogP contribution in [0.15, 0.2) is 157 Å². The zero-order valence-electron chi connectivity index (χ0n) is 41.5. The van der Waals surface area contributed by atoms with Crippen molar-refractivity contribution in [2.24, 2.45) is 0 Å². The van der Waals surface area contributed by atoms with Crippen LogP contribution in [0.1, 0.15) is 46.9 Å². The van der Waals surface area contributed by atoms with Gasteiger partial charge in [0.1, 0.15) is 11.5 Å². The number of benzene rings is 8. The average Bonchev–Trinajstić information content (AvgIpc) is 3.58. The molecule has 0 N–H and O–H groups in total. The first-order valence-electron chi connectivity index (χ1n) is 23.6. The van der Waals surface area contributed by atoms with Crippen molar-refractivity contribution in [1.29, 1.82) is 0 Å². The van der Waals surface area contributed by atoms with Gasteiger partial charge in [0, 0.05) is 10.9 Å². The smallest absolute Gasteiger partial charge is 0.135 e. The highest BCUT2D eigenvalue weighted by molar-refractivity contribution is 6.11. The predicted molar refractivity (Wildman–Crippen MR) is 189 cm³/mol. The summed E-state index contributed by atoms with van der Waals surface area (Å²) in [6.07, 6.45) is 0. The van der Waals surface area contributed by atoms with Crippen LogP contribution in [0.4, 0.5) is 0 Å². The number of fused-ring (bicyclic) bond motifs is 11. The van der Waals surface area contributed by atoms with Gasteiger partial charge in [-0.05, 0) is 95.5 Å². The molecule has 1 atom stereocenters. The SMILES string of the molecule is [2H]c1c([2H])c([2H])c2c(c1[2H])Oc1ccc(-c3ccc4c(c3)C3(c5c([2H])c([2H])c([2H])c([2H])c5-4)c4c([2H])c([2H])c([2H])c([2H])c4-c4c([2H])c([2H])c([2H])c5c([2H])c([2H])c([2H])c3c45)c3cccc-2c13. The van der Waals surface area contributed by atoms with Crippen LogP contribution >= 0.6 is 0 Å². The van der Waals surface area contributed by atoms with Gasteiger partial charge in [-0.15, -0.1) is 0 Å². The normalized spacial score (nSPS) is 21.6. The fraction of sp³-hybridized carbons (Fsp3) is 0.0222. The minimum Gasteiger partial charge on any atom is -0.456 e. The largest absolute Gasteiger partial charge is 0.456 e. The van der Waals surface area contributed by atoms with Crippen LogP contribution in [0, 0.1) is 0 Å². The van der Waals surface area contributed by atoms with Crippen LogP contribution in [0.3, 0.4) is 0 Å². The van der Waals surface area contributed by atoms with Crippen LogP contribution < -0.4 is 4.74 Å². The average molecular weight is 601 g/mol. The number of hydrogen-bond acceptors (Lipinski definition) is 1. The van der Waals surface area contributed by atoms with Crippen LogP contribution in [0.5, 0.6) is 11.5 Å². The van der Waals surface area contributed by atoms with Gasteiger partial charge in [0.2, 0.25) is 0 Å². The molecule has 0 radical (unpaired) electrons. The Bertz CT molecular complexity index is 3630. The van der Waals surface area contributed by atoms with E-state index >= 15 is 0 Å². The molecule has 2 aliphatic carbocycles. The van der Waals surface area contributed by atoms with Crippen LogP contribution in [0.2, 0.25) is 0 Å². The molecule has 0 saturated carbocycles. The number of rotatable bonds is 1. The molecule has 3 aliphatic rings. The Labute approximate surface area is 292 Å². The summed E-state index contributed by atoms with van der Waals surface area (Å²) < 4.78 is 169. The highest BCUT2D eigenvalue weighted by Crippen LogP contribution is 2.62. The van der Waals surface area contributed by atoms with Crippen molar-refractivity contribution in [2.75, 3.05) is 0 Å². The summed E-state index contributed by atoms with van der Waals surface area (Å²) in [7, 11) is 0. The lowest BCUT2D eigenvalue weighted by molar-refractivity contribution is 0.487. The van der Waals surface area contributed by atoms with Crippen LogP contribution in [-0.2, 0) is 5.41 Å². The van der Waals surface area contributed by atoms with Crippen molar-refractivity contribution < 1.29 is 29.4 Å². The van der Waals surface area contributed by atoms with Gasteiger partial charge >= 0.3 is 0 Å². The van der Waals surface area contributed by atoms with Gasteiger partial charge in [0.25, 0.3) is 0 Å². The van der Waals surface area contributed by atoms with Gasteiger partial charge in [-0.2, -0.15) is 0 Å². The highest BCUT2D eigenvalue weighted by atomic mass is 16.5. The van der Waals surface area contributed by atoms with Crippen molar-refractivity contribution in [3.05, 3.63) is 180 Å². The fourth-order valence-corrected chi connectivity index (χ4v) is 7.63. The number of hydrogen-bond donors (Lipinski definition) is 0. The van der Waals surface area contributed by atoms with Gasteiger partial charge in [-0.1, -0.05) is 139 Å². The lowest BCUT2D eigenvalue weighted by Gasteiger charge is -2.40. The third-order valence-corrected chi connectivity index (χ3v) is 9.39. The molecule has 0 bridgehead atoms. The van der Waals surface area contributed by atoms with Crippen molar-refractivity contribution in [3.63, 3.8) is 0 Å². The van der Waals surface area contributed by atoms with Gasteiger partial charge in [0.05, 0.1) is 30.1 Å². The van der Waals surface area contributed by atoms with E-state index in [-0.39, 0.29) is 78.7 Å². The lowest BCUT2D eigenvalue weighted by atomic mass is 9.61. The van der Waals surface area contributed by atoms with Gasteiger partial charge in [0.15, 0.2) is 0 Å². The molecule has 0 aromatic heterocycles. The molecule has 212 valence electrons. The fourth-order valence-electron chi connectivity index (χ4n) is 7.63. The molecule has 8 aromatic carbocycles. The Kier molecular flexibility index (Phi) is 2.47. The maximum Gasteiger partial charge on any atom is 0.135 e. The topological polar surface area (TPSA) is 9.23 Å². The molecule has 1 heteroatoms. The summed E-state index contributed by atoms with van der Waals surface area (Å²) in [6.45, 7) is 0. The van der Waals surface area contributed by atoms with Gasteiger partial charge in [-0.25, -0.2) is 0 Å². The Morgan fingerprint density at radius 1 is 0.435 bits per heavy atom. The van der Waals surface area contributed by atoms with Gasteiger partial charge in [-0.3, -0.25) is 0 Å². The molecule has 1 heterocycles. The standard InChI is InChI=1S/C45H26O/c1-4-18-37-30(12-1)32-23-22-28(29-24-25-42-44-34(29)16-9-17-36(44)33-14-3-6-21-41(33)46-42)26-40(32)45(37)38-19-5-2-13-31(38)35-15-7-10-27-11-8-20-39(45)43(27)35/h1-26H/i1D,2D,3D,4D,5D,6D,7D,8D,10D,11D,12D,13D,14D,15D,18D,19D,20D,21D. The summed E-state index contributed by atoms with van der Waals surface area (Å²) >= 11 is 0. The Morgan fingerprint density at radius 2 is 1.11 bits per heavy atom. The second-order valence-electron chi connectivity index (χ2n) is 11.4. The van der Waals surface area contributed by atoms with Crippen molar-refractivity contribution >= 4 is 21.5 Å². The monoisotopic (exact) mass is 600 g/mol. The van der Waals surface area contributed by atoms with E-state index in [1.165, 1.54) is 0 Å². The summed E-state index contributed by atoms with van der Waals surface area (Å²) in [5.41, 5.74) is -1.70. The first-order chi connectivity index (χ1) is 30.3. The molecular formula is C45H26O. The maximum atomic E-state index is 9.69. The maximum absolute atomic E-state index is 9.69. The molecule has 1 nitrogen and oxygen atoms in total. The van der Waals surface area contributed by atoms with Crippen molar-refractivity contribution in [2.45, 2.75) is 5.41 Å². The first-order valence-corrected chi connectivity index (χ1v) is 14.6. The van der Waals surface area contributed by atoms with Crippen LogP contribution in [-0.4, -0.2) is 0 Å². The first kappa shape index (κ1) is 13.2. The molecule has 0 fully saturated rings. The summed E-state index contributed by atoms with van der Waals surface area (Å²) in [6, 6.07) is 2.87. The summed E-state index contributed by atoms with van der Waals surface area (Å²) in [4.78, 5) is 0. The van der Waals surface area contributed by atoms with Crippen molar-refractivity contribution in [3.8, 4) is 56.0 Å². The van der Waals surface area contributed by atoms with Gasteiger partial charge < -0.3 is 4.74 Å². The molecule has 8 aromatic rings. The molecular weight excluding hydrogens is 556 g/mol. The second kappa shape index (κ2) is 8.62. The Hall–Kier alpha value is -5.92. The van der Waals surface area contributed by atoms with E-state index in [4.69, 9.17) is 21.2 Å².